The highest BCUT2D eigenvalue weighted by Crippen LogP contribution is 2.34. The molecule has 0 aliphatic heterocycles. The molecule has 0 saturated heterocycles. The summed E-state index contributed by atoms with van der Waals surface area (Å²) in [6.07, 6.45) is 1.32. The molecular formula is C21H19ClF2N2O2. The van der Waals surface area contributed by atoms with Gasteiger partial charge in [0.05, 0.1) is 17.8 Å². The maximum Gasteiger partial charge on any atom is 0.166 e. The number of pyridine rings is 1. The molecule has 146 valence electrons. The third-order valence-electron chi connectivity index (χ3n) is 4.15. The Morgan fingerprint density at radius 3 is 2.57 bits per heavy atom. The van der Waals surface area contributed by atoms with E-state index in [-0.39, 0.29) is 22.2 Å². The predicted octanol–water partition coefficient (Wildman–Crippen LogP) is 5.36. The first-order valence-corrected chi connectivity index (χ1v) is 9.05. The Balaban J connectivity index is 1.70. The van der Waals surface area contributed by atoms with Crippen LogP contribution in [0.2, 0.25) is 5.02 Å². The predicted molar refractivity (Wildman–Crippen MR) is 105 cm³/mol. The molecular weight excluding hydrogens is 386 g/mol. The van der Waals surface area contributed by atoms with Gasteiger partial charge in [0.15, 0.2) is 11.6 Å². The van der Waals surface area contributed by atoms with Gasteiger partial charge in [0.2, 0.25) is 0 Å². The summed E-state index contributed by atoms with van der Waals surface area (Å²) in [7, 11) is 0. The van der Waals surface area contributed by atoms with Crippen LogP contribution in [0.25, 0.3) is 0 Å². The number of nitrogen functional groups attached to an aromatic ring is 1. The van der Waals surface area contributed by atoms with Crippen LogP contribution in [0.1, 0.15) is 24.2 Å². The average Bonchev–Trinajstić information content (AvgIpc) is 2.68. The van der Waals surface area contributed by atoms with Gasteiger partial charge < -0.3 is 15.2 Å². The van der Waals surface area contributed by atoms with Gasteiger partial charge in [-0.1, -0.05) is 41.9 Å². The van der Waals surface area contributed by atoms with Crippen molar-refractivity contribution in [1.82, 2.24) is 4.98 Å². The van der Waals surface area contributed by atoms with Crippen LogP contribution in [0.3, 0.4) is 0 Å². The highest BCUT2D eigenvalue weighted by molar-refractivity contribution is 6.31. The van der Waals surface area contributed by atoms with Gasteiger partial charge in [-0.2, -0.15) is 0 Å². The number of benzene rings is 2. The number of nitrogens with two attached hydrogens (primary N) is 1. The van der Waals surface area contributed by atoms with Crippen LogP contribution in [0.5, 0.6) is 11.5 Å². The summed E-state index contributed by atoms with van der Waals surface area (Å²) < 4.78 is 39.2. The van der Waals surface area contributed by atoms with E-state index in [1.807, 2.05) is 30.3 Å². The number of ether oxygens (including phenoxy) is 2. The van der Waals surface area contributed by atoms with Crippen molar-refractivity contribution in [3.8, 4) is 11.5 Å². The quantitative estimate of drug-likeness (QED) is 0.539. The summed E-state index contributed by atoms with van der Waals surface area (Å²) in [5.41, 5.74) is 6.91. The van der Waals surface area contributed by atoms with E-state index in [9.17, 15) is 8.78 Å². The van der Waals surface area contributed by atoms with Crippen molar-refractivity contribution in [3.63, 3.8) is 0 Å². The van der Waals surface area contributed by atoms with E-state index in [2.05, 4.69) is 4.98 Å². The molecule has 0 saturated carbocycles. The third kappa shape index (κ3) is 4.70. The van der Waals surface area contributed by atoms with E-state index in [0.717, 1.165) is 24.1 Å². The normalized spacial score (nSPS) is 11.9. The Hall–Kier alpha value is -2.86. The fourth-order valence-electron chi connectivity index (χ4n) is 2.71. The van der Waals surface area contributed by atoms with Crippen molar-refractivity contribution in [1.29, 1.82) is 0 Å². The number of rotatable bonds is 7. The average molecular weight is 405 g/mol. The SMILES string of the molecule is CC(Oc1cc(OCCc2ccccc2)cnc1N)c1c(F)ccc(F)c1Cl. The lowest BCUT2D eigenvalue weighted by atomic mass is 10.1. The molecule has 1 unspecified atom stereocenters. The zero-order valence-corrected chi connectivity index (χ0v) is 15.9. The van der Waals surface area contributed by atoms with Crippen LogP contribution >= 0.6 is 11.6 Å². The molecule has 0 fully saturated rings. The fourth-order valence-corrected chi connectivity index (χ4v) is 3.01. The highest BCUT2D eigenvalue weighted by atomic mass is 35.5. The lowest BCUT2D eigenvalue weighted by molar-refractivity contribution is 0.219. The van der Waals surface area contributed by atoms with Gasteiger partial charge in [-0.25, -0.2) is 13.8 Å². The molecule has 2 N–H and O–H groups in total. The first-order valence-electron chi connectivity index (χ1n) is 8.68. The second kappa shape index (κ2) is 8.89. The van der Waals surface area contributed by atoms with Crippen LogP contribution in [-0.2, 0) is 6.42 Å². The van der Waals surface area contributed by atoms with Crippen molar-refractivity contribution in [3.05, 3.63) is 82.5 Å². The molecule has 0 spiro atoms. The Labute approximate surface area is 166 Å². The Morgan fingerprint density at radius 2 is 1.82 bits per heavy atom. The van der Waals surface area contributed by atoms with E-state index in [0.29, 0.717) is 12.4 Å². The maximum absolute atomic E-state index is 14.1. The molecule has 4 nitrogen and oxygen atoms in total. The van der Waals surface area contributed by atoms with Gasteiger partial charge >= 0.3 is 0 Å². The van der Waals surface area contributed by atoms with E-state index in [1.54, 1.807) is 13.0 Å². The minimum atomic E-state index is -0.883. The number of nitrogens with zero attached hydrogens (tertiary/aromatic N) is 1. The summed E-state index contributed by atoms with van der Waals surface area (Å²) in [4.78, 5) is 4.04. The molecule has 1 heterocycles. The van der Waals surface area contributed by atoms with Crippen molar-refractivity contribution in [2.75, 3.05) is 12.3 Å². The summed E-state index contributed by atoms with van der Waals surface area (Å²) >= 11 is 5.89. The van der Waals surface area contributed by atoms with E-state index in [4.69, 9.17) is 26.8 Å². The molecule has 7 heteroatoms. The highest BCUT2D eigenvalue weighted by Gasteiger charge is 2.21. The summed E-state index contributed by atoms with van der Waals surface area (Å²) in [5.74, 6) is -0.629. The lowest BCUT2D eigenvalue weighted by Gasteiger charge is -2.18. The van der Waals surface area contributed by atoms with Gasteiger partial charge in [-0.05, 0) is 24.6 Å². The number of aromatic nitrogens is 1. The summed E-state index contributed by atoms with van der Waals surface area (Å²) in [6.45, 7) is 1.99. The first kappa shape index (κ1) is 19.9. The minimum Gasteiger partial charge on any atom is -0.491 e. The van der Waals surface area contributed by atoms with Crippen molar-refractivity contribution in [2.24, 2.45) is 0 Å². The molecule has 28 heavy (non-hydrogen) atoms. The monoisotopic (exact) mass is 404 g/mol. The van der Waals surface area contributed by atoms with Gasteiger partial charge in [0.25, 0.3) is 0 Å². The Bertz CT molecular complexity index is 955. The van der Waals surface area contributed by atoms with Crippen LogP contribution in [0.4, 0.5) is 14.6 Å². The minimum absolute atomic E-state index is 0.0866. The second-order valence-corrected chi connectivity index (χ2v) is 6.53. The maximum atomic E-state index is 14.1. The van der Waals surface area contributed by atoms with E-state index >= 15 is 0 Å². The lowest BCUT2D eigenvalue weighted by Crippen LogP contribution is -2.10. The summed E-state index contributed by atoms with van der Waals surface area (Å²) in [5, 5.41) is -0.325. The van der Waals surface area contributed by atoms with Gasteiger partial charge in [-0.3, -0.25) is 0 Å². The second-order valence-electron chi connectivity index (χ2n) is 6.16. The van der Waals surface area contributed by atoms with Crippen molar-refractivity contribution in [2.45, 2.75) is 19.4 Å². The van der Waals surface area contributed by atoms with Crippen LogP contribution < -0.4 is 15.2 Å². The number of anilines is 1. The molecule has 0 aliphatic rings. The standard InChI is InChI=1S/C21H19ClF2N2O2/c1-13(19-16(23)7-8-17(24)20(19)22)28-18-11-15(12-26-21(18)25)27-10-9-14-5-3-2-4-6-14/h2-8,11-13H,9-10H2,1H3,(H2,25,26). The zero-order valence-electron chi connectivity index (χ0n) is 15.2. The van der Waals surface area contributed by atoms with Crippen molar-refractivity contribution < 1.29 is 18.3 Å². The van der Waals surface area contributed by atoms with Crippen LogP contribution in [0.15, 0.2) is 54.7 Å². The zero-order chi connectivity index (χ0) is 20.1. The molecule has 2 aromatic carbocycles. The number of hydrogen-bond donors (Lipinski definition) is 1. The molecule has 1 aromatic heterocycles. The summed E-state index contributed by atoms with van der Waals surface area (Å²) in [6, 6.07) is 13.4. The number of hydrogen-bond acceptors (Lipinski definition) is 4. The topological polar surface area (TPSA) is 57.4 Å². The number of halogens is 3. The molecule has 0 bridgehead atoms. The molecule has 0 aliphatic carbocycles. The van der Waals surface area contributed by atoms with E-state index < -0.39 is 17.7 Å². The molecule has 1 atom stereocenters. The third-order valence-corrected chi connectivity index (χ3v) is 4.53. The smallest absolute Gasteiger partial charge is 0.166 e. The Kier molecular flexibility index (Phi) is 6.31. The molecule has 3 rings (SSSR count). The first-order chi connectivity index (χ1) is 13.5. The largest absolute Gasteiger partial charge is 0.491 e. The van der Waals surface area contributed by atoms with E-state index in [1.165, 1.54) is 6.20 Å². The molecule has 0 radical (unpaired) electrons. The van der Waals surface area contributed by atoms with Gasteiger partial charge in [0.1, 0.15) is 23.5 Å². The Morgan fingerprint density at radius 1 is 1.11 bits per heavy atom. The molecule has 0 amide bonds. The van der Waals surface area contributed by atoms with Crippen LogP contribution in [0, 0.1) is 11.6 Å². The van der Waals surface area contributed by atoms with Crippen LogP contribution in [-0.4, -0.2) is 11.6 Å². The molecule has 3 aromatic rings. The fraction of sp³-hybridized carbons (Fsp3) is 0.190. The van der Waals surface area contributed by atoms with Crippen molar-refractivity contribution >= 4 is 17.4 Å². The van der Waals surface area contributed by atoms with Gasteiger partial charge in [0, 0.05) is 18.1 Å². The van der Waals surface area contributed by atoms with Gasteiger partial charge in [-0.15, -0.1) is 0 Å².